The number of hydrogen-bond donors (Lipinski definition) is 1. The van der Waals surface area contributed by atoms with Gasteiger partial charge in [0.2, 0.25) is 0 Å². The van der Waals surface area contributed by atoms with Crippen LogP contribution in [-0.4, -0.2) is 28.1 Å². The van der Waals surface area contributed by atoms with Gasteiger partial charge < -0.3 is 5.11 Å². The fourth-order valence-corrected chi connectivity index (χ4v) is 3.24. The highest BCUT2D eigenvalue weighted by Gasteiger charge is 2.49. The van der Waals surface area contributed by atoms with Crippen molar-refractivity contribution in [2.24, 2.45) is 5.41 Å². The summed E-state index contributed by atoms with van der Waals surface area (Å²) in [5, 5.41) is 9.81. The molecule has 15 heavy (non-hydrogen) atoms. The van der Waals surface area contributed by atoms with E-state index >= 15 is 0 Å². The Hall–Kier alpha value is -0.500. The SMILES string of the molecule is C=C(O)C12CCC(CC1)N(C(C)(C)C)C2. The molecule has 0 aromatic carbocycles. The highest BCUT2D eigenvalue weighted by molar-refractivity contribution is 5.12. The zero-order chi connectivity index (χ0) is 11.3. The van der Waals surface area contributed by atoms with Gasteiger partial charge in [0, 0.05) is 23.5 Å². The Labute approximate surface area is 93.0 Å². The molecular weight excluding hydrogens is 186 g/mol. The molecule has 3 fully saturated rings. The number of piperidine rings is 2. The van der Waals surface area contributed by atoms with Crippen LogP contribution in [0.1, 0.15) is 46.5 Å². The Morgan fingerprint density at radius 3 is 2.27 bits per heavy atom. The molecule has 2 nitrogen and oxygen atoms in total. The van der Waals surface area contributed by atoms with E-state index in [0.29, 0.717) is 5.76 Å². The largest absolute Gasteiger partial charge is 0.512 e. The van der Waals surface area contributed by atoms with Gasteiger partial charge in [-0.3, -0.25) is 4.90 Å². The van der Waals surface area contributed by atoms with E-state index < -0.39 is 0 Å². The zero-order valence-corrected chi connectivity index (χ0v) is 10.2. The monoisotopic (exact) mass is 209 g/mol. The van der Waals surface area contributed by atoms with Crippen LogP contribution in [0, 0.1) is 5.41 Å². The summed E-state index contributed by atoms with van der Waals surface area (Å²) in [6.45, 7) is 11.6. The minimum Gasteiger partial charge on any atom is -0.512 e. The summed E-state index contributed by atoms with van der Waals surface area (Å²) in [7, 11) is 0. The first-order valence-electron chi connectivity index (χ1n) is 6.00. The minimum atomic E-state index is 0.00201. The number of rotatable bonds is 1. The number of aliphatic hydroxyl groups excluding tert-OH is 1. The van der Waals surface area contributed by atoms with Gasteiger partial charge in [-0.15, -0.1) is 0 Å². The van der Waals surface area contributed by atoms with Gasteiger partial charge in [-0.1, -0.05) is 6.58 Å². The molecule has 1 saturated carbocycles. The van der Waals surface area contributed by atoms with Gasteiger partial charge >= 0.3 is 0 Å². The molecule has 0 atom stereocenters. The second-order valence-corrected chi connectivity index (χ2v) is 6.26. The van der Waals surface area contributed by atoms with Crippen LogP contribution < -0.4 is 0 Å². The summed E-state index contributed by atoms with van der Waals surface area (Å²) in [6, 6.07) is 0.728. The first-order valence-corrected chi connectivity index (χ1v) is 6.00. The van der Waals surface area contributed by atoms with E-state index in [1.54, 1.807) is 0 Å². The third-order valence-corrected chi connectivity index (χ3v) is 4.30. The van der Waals surface area contributed by atoms with Gasteiger partial charge in [-0.05, 0) is 46.5 Å². The highest BCUT2D eigenvalue weighted by atomic mass is 16.3. The van der Waals surface area contributed by atoms with Crippen molar-refractivity contribution in [1.29, 1.82) is 0 Å². The predicted molar refractivity (Wildman–Crippen MR) is 62.9 cm³/mol. The van der Waals surface area contributed by atoms with Crippen molar-refractivity contribution in [1.82, 2.24) is 4.90 Å². The number of aliphatic hydroxyl groups is 1. The van der Waals surface area contributed by atoms with E-state index in [1.807, 2.05) is 0 Å². The minimum absolute atomic E-state index is 0.00201. The van der Waals surface area contributed by atoms with Crippen molar-refractivity contribution in [2.75, 3.05) is 6.54 Å². The molecule has 0 spiro atoms. The topological polar surface area (TPSA) is 23.5 Å². The standard InChI is InChI=1S/C13H23NO/c1-10(15)13-7-5-11(6-8-13)14(9-13)12(2,3)4/h11,15H,1,5-9H2,2-4H3. The van der Waals surface area contributed by atoms with E-state index in [2.05, 4.69) is 32.3 Å². The van der Waals surface area contributed by atoms with Crippen LogP contribution in [0.4, 0.5) is 0 Å². The maximum Gasteiger partial charge on any atom is 0.0925 e. The van der Waals surface area contributed by atoms with Crippen molar-refractivity contribution in [3.8, 4) is 0 Å². The van der Waals surface area contributed by atoms with Crippen LogP contribution in [0.2, 0.25) is 0 Å². The van der Waals surface area contributed by atoms with Crippen molar-refractivity contribution in [3.05, 3.63) is 12.3 Å². The Bertz CT molecular complexity index is 269. The summed E-state index contributed by atoms with van der Waals surface area (Å²) < 4.78 is 0. The molecule has 3 rings (SSSR count). The Kier molecular flexibility index (Phi) is 2.38. The van der Waals surface area contributed by atoms with Crippen LogP contribution in [0.3, 0.4) is 0 Å². The molecule has 2 heterocycles. The smallest absolute Gasteiger partial charge is 0.0925 e. The Morgan fingerprint density at radius 2 is 1.87 bits per heavy atom. The lowest BCUT2D eigenvalue weighted by Gasteiger charge is -2.56. The lowest BCUT2D eigenvalue weighted by molar-refractivity contribution is -0.0654. The van der Waals surface area contributed by atoms with Crippen molar-refractivity contribution in [2.45, 2.75) is 58.0 Å². The second-order valence-electron chi connectivity index (χ2n) is 6.26. The first kappa shape index (κ1) is 11.0. The summed E-state index contributed by atoms with van der Waals surface area (Å²) >= 11 is 0. The van der Waals surface area contributed by atoms with E-state index in [9.17, 15) is 5.11 Å². The fourth-order valence-electron chi connectivity index (χ4n) is 3.24. The molecule has 0 amide bonds. The highest BCUT2D eigenvalue weighted by Crippen LogP contribution is 2.49. The molecule has 1 N–H and O–H groups in total. The molecule has 0 aromatic rings. The zero-order valence-electron chi connectivity index (χ0n) is 10.2. The third kappa shape index (κ3) is 1.69. The van der Waals surface area contributed by atoms with Crippen LogP contribution in [-0.2, 0) is 0 Å². The average molecular weight is 209 g/mol. The molecule has 2 aliphatic heterocycles. The summed E-state index contributed by atoms with van der Waals surface area (Å²) in [5.41, 5.74) is 0.217. The summed E-state index contributed by atoms with van der Waals surface area (Å²) in [6.07, 6.45) is 4.69. The van der Waals surface area contributed by atoms with E-state index in [0.717, 1.165) is 25.4 Å². The maximum absolute atomic E-state index is 9.81. The number of nitrogens with zero attached hydrogens (tertiary/aromatic N) is 1. The van der Waals surface area contributed by atoms with Gasteiger partial charge in [-0.2, -0.15) is 0 Å². The van der Waals surface area contributed by atoms with Crippen molar-refractivity contribution < 1.29 is 5.11 Å². The van der Waals surface area contributed by atoms with Crippen molar-refractivity contribution in [3.63, 3.8) is 0 Å². The fraction of sp³-hybridized carbons (Fsp3) is 0.846. The van der Waals surface area contributed by atoms with E-state index in [1.165, 1.54) is 12.8 Å². The number of hydrogen-bond acceptors (Lipinski definition) is 2. The lowest BCUT2D eigenvalue weighted by Crippen LogP contribution is -2.60. The van der Waals surface area contributed by atoms with Gasteiger partial charge in [0.25, 0.3) is 0 Å². The quantitative estimate of drug-likeness (QED) is 0.671. The molecule has 2 saturated heterocycles. The molecule has 0 radical (unpaired) electrons. The van der Waals surface area contributed by atoms with Gasteiger partial charge in [0.15, 0.2) is 0 Å². The first-order chi connectivity index (χ1) is 6.85. The molecule has 0 unspecified atom stereocenters. The lowest BCUT2D eigenvalue weighted by atomic mass is 9.65. The molecule has 2 bridgehead atoms. The third-order valence-electron chi connectivity index (χ3n) is 4.30. The van der Waals surface area contributed by atoms with Crippen LogP contribution in [0.15, 0.2) is 12.3 Å². The number of fused-ring (bicyclic) bond motifs is 3. The summed E-state index contributed by atoms with van der Waals surface area (Å²) in [5.74, 6) is 0.412. The molecule has 0 aromatic heterocycles. The molecule has 86 valence electrons. The predicted octanol–water partition coefficient (Wildman–Crippen LogP) is 3.10. The van der Waals surface area contributed by atoms with Crippen molar-refractivity contribution >= 4 is 0 Å². The molecular formula is C13H23NO. The van der Waals surface area contributed by atoms with Gasteiger partial charge in [-0.25, -0.2) is 0 Å². The molecule has 2 heteroatoms. The maximum atomic E-state index is 9.81. The summed E-state index contributed by atoms with van der Waals surface area (Å²) in [4.78, 5) is 2.56. The van der Waals surface area contributed by atoms with Crippen LogP contribution in [0.25, 0.3) is 0 Å². The molecule has 1 aliphatic carbocycles. The van der Waals surface area contributed by atoms with Crippen LogP contribution >= 0.6 is 0 Å². The second kappa shape index (κ2) is 3.24. The Balaban J connectivity index is 2.24. The van der Waals surface area contributed by atoms with E-state index in [4.69, 9.17) is 0 Å². The van der Waals surface area contributed by atoms with Gasteiger partial charge in [0.05, 0.1) is 5.76 Å². The normalized spacial score (nSPS) is 36.9. The van der Waals surface area contributed by atoms with Crippen LogP contribution in [0.5, 0.6) is 0 Å². The Morgan fingerprint density at radius 1 is 1.33 bits per heavy atom. The van der Waals surface area contributed by atoms with E-state index in [-0.39, 0.29) is 11.0 Å². The average Bonchev–Trinajstić information content (AvgIpc) is 2.18. The van der Waals surface area contributed by atoms with Gasteiger partial charge in [0.1, 0.15) is 0 Å². The molecule has 3 aliphatic rings.